The lowest BCUT2D eigenvalue weighted by atomic mass is 9.97. The fraction of sp³-hybridized carbons (Fsp3) is 0.600. The van der Waals surface area contributed by atoms with Crippen LogP contribution in [0, 0.1) is 11.7 Å². The maximum absolute atomic E-state index is 13.7. The van der Waals surface area contributed by atoms with Crippen LogP contribution in [0.4, 0.5) is 4.39 Å². The molecule has 1 saturated heterocycles. The van der Waals surface area contributed by atoms with Crippen molar-refractivity contribution in [2.45, 2.75) is 18.9 Å². The van der Waals surface area contributed by atoms with Gasteiger partial charge in [0.05, 0.1) is 6.61 Å². The van der Waals surface area contributed by atoms with Gasteiger partial charge >= 0.3 is 0 Å². The minimum Gasteiger partial charge on any atom is -0.384 e. The Labute approximate surface area is 114 Å². The third-order valence-electron chi connectivity index (χ3n) is 3.77. The smallest absolute Gasteiger partial charge is 0.128 e. The van der Waals surface area contributed by atoms with E-state index < -0.39 is 0 Å². The Balaban J connectivity index is 1.91. The molecule has 1 aliphatic rings. The summed E-state index contributed by atoms with van der Waals surface area (Å²) in [5.74, 6) is 0.368. The van der Waals surface area contributed by atoms with Gasteiger partial charge in [-0.25, -0.2) is 4.39 Å². The predicted octanol–water partition coefficient (Wildman–Crippen LogP) is 2.18. The van der Waals surface area contributed by atoms with Crippen molar-refractivity contribution < 1.29 is 9.13 Å². The van der Waals surface area contributed by atoms with Gasteiger partial charge in [0.2, 0.25) is 0 Å². The topological polar surface area (TPSA) is 38.5 Å². The van der Waals surface area contributed by atoms with Crippen molar-refractivity contribution in [2.75, 3.05) is 33.4 Å². The number of piperidine rings is 1. The number of rotatable bonds is 5. The molecule has 0 bridgehead atoms. The van der Waals surface area contributed by atoms with Crippen molar-refractivity contribution in [3.05, 3.63) is 35.6 Å². The summed E-state index contributed by atoms with van der Waals surface area (Å²) in [6, 6.07) is 6.52. The minimum atomic E-state index is -0.262. The number of likely N-dealkylation sites (tertiary alicyclic amines) is 1. The summed E-state index contributed by atoms with van der Waals surface area (Å²) in [5, 5.41) is 0. The third-order valence-corrected chi connectivity index (χ3v) is 3.77. The molecule has 2 N–H and O–H groups in total. The van der Waals surface area contributed by atoms with Crippen molar-refractivity contribution in [3.8, 4) is 0 Å². The van der Waals surface area contributed by atoms with Gasteiger partial charge in [-0.15, -0.1) is 0 Å². The van der Waals surface area contributed by atoms with Crippen LogP contribution in [0.5, 0.6) is 0 Å². The molecule has 1 aromatic rings. The Kier molecular flexibility index (Phi) is 5.31. The summed E-state index contributed by atoms with van der Waals surface area (Å²) in [6.07, 6.45) is 2.37. The summed E-state index contributed by atoms with van der Waals surface area (Å²) in [4.78, 5) is 2.32. The minimum absolute atomic E-state index is 0.208. The van der Waals surface area contributed by atoms with E-state index in [2.05, 4.69) is 4.90 Å². The van der Waals surface area contributed by atoms with Crippen molar-refractivity contribution in [1.82, 2.24) is 4.90 Å². The van der Waals surface area contributed by atoms with Gasteiger partial charge in [0, 0.05) is 31.8 Å². The van der Waals surface area contributed by atoms with Crippen molar-refractivity contribution in [1.29, 1.82) is 0 Å². The molecule has 1 aromatic carbocycles. The molecule has 0 saturated carbocycles. The summed E-state index contributed by atoms with van der Waals surface area (Å²) < 4.78 is 18.9. The molecule has 0 aromatic heterocycles. The number of hydrogen-bond donors (Lipinski definition) is 1. The van der Waals surface area contributed by atoms with E-state index in [-0.39, 0.29) is 11.9 Å². The highest BCUT2D eigenvalue weighted by atomic mass is 19.1. The SMILES string of the molecule is COCC1CCCN(CC(N)c2ccccc2F)C1. The number of nitrogens with two attached hydrogens (primary N) is 1. The first-order chi connectivity index (χ1) is 9.20. The molecule has 2 atom stereocenters. The van der Waals surface area contributed by atoms with Crippen molar-refractivity contribution in [3.63, 3.8) is 0 Å². The summed E-state index contributed by atoms with van der Waals surface area (Å²) in [5.41, 5.74) is 6.74. The normalized spacial score (nSPS) is 22.4. The van der Waals surface area contributed by atoms with E-state index >= 15 is 0 Å². The van der Waals surface area contributed by atoms with Crippen LogP contribution in [-0.4, -0.2) is 38.3 Å². The zero-order valence-corrected chi connectivity index (χ0v) is 11.5. The van der Waals surface area contributed by atoms with Crippen molar-refractivity contribution >= 4 is 0 Å². The van der Waals surface area contributed by atoms with Crippen LogP contribution >= 0.6 is 0 Å². The fourth-order valence-electron chi connectivity index (χ4n) is 2.84. The third kappa shape index (κ3) is 4.00. The van der Waals surface area contributed by atoms with Crippen LogP contribution in [0.25, 0.3) is 0 Å². The lowest BCUT2D eigenvalue weighted by molar-refractivity contribution is 0.0876. The number of methoxy groups -OCH3 is 1. The molecule has 19 heavy (non-hydrogen) atoms. The molecule has 1 heterocycles. The average Bonchev–Trinajstić information content (AvgIpc) is 2.40. The molecule has 4 heteroatoms. The van der Waals surface area contributed by atoms with Gasteiger partial charge in [-0.3, -0.25) is 0 Å². The van der Waals surface area contributed by atoms with Gasteiger partial charge in [-0.1, -0.05) is 18.2 Å². The fourth-order valence-corrected chi connectivity index (χ4v) is 2.84. The van der Waals surface area contributed by atoms with Gasteiger partial charge in [-0.05, 0) is 31.4 Å². The molecule has 0 radical (unpaired) electrons. The molecule has 0 aliphatic carbocycles. The molecule has 1 aliphatic heterocycles. The maximum Gasteiger partial charge on any atom is 0.128 e. The van der Waals surface area contributed by atoms with E-state index in [0.29, 0.717) is 18.0 Å². The number of ether oxygens (including phenoxy) is 1. The second-order valence-electron chi connectivity index (χ2n) is 5.35. The zero-order valence-electron chi connectivity index (χ0n) is 11.5. The van der Waals surface area contributed by atoms with Gasteiger partial charge in [0.15, 0.2) is 0 Å². The first-order valence-corrected chi connectivity index (χ1v) is 6.92. The monoisotopic (exact) mass is 266 g/mol. The highest BCUT2D eigenvalue weighted by Crippen LogP contribution is 2.20. The average molecular weight is 266 g/mol. The van der Waals surface area contributed by atoms with E-state index in [9.17, 15) is 4.39 Å². The molecule has 0 spiro atoms. The Bertz CT molecular complexity index is 397. The van der Waals surface area contributed by atoms with Gasteiger partial charge < -0.3 is 15.4 Å². The Morgan fingerprint density at radius 3 is 3.00 bits per heavy atom. The van der Waals surface area contributed by atoms with E-state index in [1.54, 1.807) is 19.2 Å². The quantitative estimate of drug-likeness (QED) is 0.888. The predicted molar refractivity (Wildman–Crippen MR) is 74.4 cm³/mol. The van der Waals surface area contributed by atoms with Crippen LogP contribution in [0.3, 0.4) is 0 Å². The molecule has 2 unspecified atom stereocenters. The molecular weight excluding hydrogens is 243 g/mol. The molecule has 3 nitrogen and oxygen atoms in total. The summed E-state index contributed by atoms with van der Waals surface area (Å²) >= 11 is 0. The first-order valence-electron chi connectivity index (χ1n) is 6.92. The molecule has 0 amide bonds. The summed E-state index contributed by atoms with van der Waals surface area (Å²) in [6.45, 7) is 3.55. The maximum atomic E-state index is 13.7. The number of halogens is 1. The van der Waals surface area contributed by atoms with Gasteiger partial charge in [0.1, 0.15) is 5.82 Å². The second-order valence-corrected chi connectivity index (χ2v) is 5.35. The molecular formula is C15H23FN2O. The second kappa shape index (κ2) is 6.98. The zero-order chi connectivity index (χ0) is 13.7. The van der Waals surface area contributed by atoms with Gasteiger partial charge in [0.25, 0.3) is 0 Å². The number of nitrogens with zero attached hydrogens (tertiary/aromatic N) is 1. The highest BCUT2D eigenvalue weighted by Gasteiger charge is 2.22. The summed E-state index contributed by atoms with van der Waals surface area (Å²) in [7, 11) is 1.74. The molecule has 2 rings (SSSR count). The van der Waals surface area contributed by atoms with E-state index in [0.717, 1.165) is 26.1 Å². The van der Waals surface area contributed by atoms with Crippen LogP contribution in [0.15, 0.2) is 24.3 Å². The first kappa shape index (κ1) is 14.4. The van der Waals surface area contributed by atoms with E-state index in [1.807, 2.05) is 6.07 Å². The number of benzene rings is 1. The lowest BCUT2D eigenvalue weighted by Crippen LogP contribution is -2.41. The molecule has 106 valence electrons. The van der Waals surface area contributed by atoms with Gasteiger partial charge in [-0.2, -0.15) is 0 Å². The number of hydrogen-bond acceptors (Lipinski definition) is 3. The Hall–Kier alpha value is -0.970. The highest BCUT2D eigenvalue weighted by molar-refractivity contribution is 5.21. The lowest BCUT2D eigenvalue weighted by Gasteiger charge is -2.34. The van der Waals surface area contributed by atoms with Crippen LogP contribution in [0.1, 0.15) is 24.4 Å². The Morgan fingerprint density at radius 1 is 1.47 bits per heavy atom. The largest absolute Gasteiger partial charge is 0.384 e. The van der Waals surface area contributed by atoms with E-state index in [1.165, 1.54) is 12.5 Å². The van der Waals surface area contributed by atoms with Crippen molar-refractivity contribution in [2.24, 2.45) is 11.7 Å². The Morgan fingerprint density at radius 2 is 2.26 bits per heavy atom. The van der Waals surface area contributed by atoms with Crippen LogP contribution in [0.2, 0.25) is 0 Å². The molecule has 1 fully saturated rings. The van der Waals surface area contributed by atoms with E-state index in [4.69, 9.17) is 10.5 Å². The standard InChI is InChI=1S/C15H23FN2O/c1-19-11-12-5-4-8-18(9-12)10-15(17)13-6-2-3-7-14(13)16/h2-3,6-7,12,15H,4-5,8-11,17H2,1H3. The van der Waals surface area contributed by atoms with Crippen LogP contribution < -0.4 is 5.73 Å². The van der Waals surface area contributed by atoms with Crippen LogP contribution in [-0.2, 0) is 4.74 Å².